The topological polar surface area (TPSA) is 142 Å². The summed E-state index contributed by atoms with van der Waals surface area (Å²) in [5.41, 5.74) is -0.828. The maximum absolute atomic E-state index is 13.4. The Bertz CT molecular complexity index is 1120. The molecule has 1 saturated heterocycles. The molecule has 1 atom stereocenters. The minimum absolute atomic E-state index is 0.140. The van der Waals surface area contributed by atoms with Crippen LogP contribution in [0.2, 0.25) is 0 Å². The van der Waals surface area contributed by atoms with E-state index in [1.165, 1.54) is 37.2 Å². The number of hydrogen-bond donors (Lipinski definition) is 0. The van der Waals surface area contributed by atoms with Gasteiger partial charge in [0.05, 0.1) is 34.3 Å². The van der Waals surface area contributed by atoms with Crippen molar-refractivity contribution < 1.29 is 27.7 Å². The first kappa shape index (κ1) is 22.8. The number of methoxy groups -OCH3 is 2. The van der Waals surface area contributed by atoms with Gasteiger partial charge in [-0.1, -0.05) is 6.07 Å². The van der Waals surface area contributed by atoms with Gasteiger partial charge in [-0.2, -0.15) is 4.31 Å². The molecule has 13 heteroatoms. The van der Waals surface area contributed by atoms with E-state index in [-0.39, 0.29) is 12.1 Å². The summed E-state index contributed by atoms with van der Waals surface area (Å²) in [5, 5.41) is 22.1. The fourth-order valence-electron chi connectivity index (χ4n) is 3.29. The number of nitro benzene ring substituents is 2. The van der Waals surface area contributed by atoms with Crippen molar-refractivity contribution in [3.05, 3.63) is 61.7 Å². The molecule has 166 valence electrons. The minimum Gasteiger partial charge on any atom is -0.493 e. The molecule has 0 unspecified atom stereocenters. The Hall–Kier alpha value is -2.90. The van der Waals surface area contributed by atoms with E-state index in [9.17, 15) is 28.6 Å². The average Bonchev–Trinajstić information content (AvgIpc) is 3.23. The lowest BCUT2D eigenvalue weighted by Crippen LogP contribution is -2.30. The van der Waals surface area contributed by atoms with Gasteiger partial charge in [-0.05, 0) is 24.6 Å². The van der Waals surface area contributed by atoms with Gasteiger partial charge in [0.25, 0.3) is 11.4 Å². The van der Waals surface area contributed by atoms with Crippen LogP contribution in [0.1, 0.15) is 16.5 Å². The van der Waals surface area contributed by atoms with E-state index in [0.29, 0.717) is 22.8 Å². The number of hydrogen-bond acceptors (Lipinski definition) is 9. The highest BCUT2D eigenvalue weighted by Gasteiger charge is 2.39. The summed E-state index contributed by atoms with van der Waals surface area (Å²) in [5.74, 6) is 1.38. The second-order valence-corrected chi connectivity index (χ2v) is 9.63. The second kappa shape index (κ2) is 8.69. The molecule has 0 radical (unpaired) electrons. The van der Waals surface area contributed by atoms with Crippen LogP contribution in [0.25, 0.3) is 0 Å². The van der Waals surface area contributed by atoms with Crippen LogP contribution in [0.3, 0.4) is 0 Å². The van der Waals surface area contributed by atoms with Crippen LogP contribution in [-0.4, -0.2) is 49.1 Å². The third-order valence-corrected chi connectivity index (χ3v) is 8.10. The van der Waals surface area contributed by atoms with Gasteiger partial charge in [-0.25, -0.2) is 8.42 Å². The van der Waals surface area contributed by atoms with E-state index in [4.69, 9.17) is 9.47 Å². The number of rotatable bonds is 7. The molecule has 0 aliphatic carbocycles. The zero-order valence-electron chi connectivity index (χ0n) is 16.8. The van der Waals surface area contributed by atoms with E-state index in [1.54, 1.807) is 18.2 Å². The number of sulfonamides is 1. The highest BCUT2D eigenvalue weighted by Crippen LogP contribution is 2.44. The standard InChI is InChI=1S/C18H19N3O8S2/c1-11-14(20(22)23)9-13(10-15(11)21(24)25)31(26,27)19-6-7-30-18(19)12-4-5-16(28-2)17(8-12)29-3/h4-5,8-10,18H,6-7H2,1-3H3/t18-/m1/s1. The Morgan fingerprint density at radius 1 is 1.03 bits per heavy atom. The normalized spacial score (nSPS) is 16.8. The van der Waals surface area contributed by atoms with Crippen LogP contribution in [0, 0.1) is 27.2 Å². The Labute approximate surface area is 182 Å². The quantitative estimate of drug-likeness (QED) is 0.441. The number of thioether (sulfide) groups is 1. The molecule has 2 aromatic rings. The van der Waals surface area contributed by atoms with Crippen molar-refractivity contribution in [2.24, 2.45) is 0 Å². The van der Waals surface area contributed by atoms with Gasteiger partial charge in [0.2, 0.25) is 10.0 Å². The van der Waals surface area contributed by atoms with Crippen molar-refractivity contribution in [3.63, 3.8) is 0 Å². The summed E-state index contributed by atoms with van der Waals surface area (Å²) in [6.07, 6.45) is 0. The first-order chi connectivity index (χ1) is 14.6. The number of benzene rings is 2. The lowest BCUT2D eigenvalue weighted by molar-refractivity contribution is -0.395. The number of nitro groups is 2. The summed E-state index contributed by atoms with van der Waals surface area (Å²) in [6, 6.07) is 6.75. The van der Waals surface area contributed by atoms with Crippen LogP contribution >= 0.6 is 11.8 Å². The molecule has 1 aliphatic rings. The van der Waals surface area contributed by atoms with E-state index >= 15 is 0 Å². The maximum atomic E-state index is 13.4. The van der Waals surface area contributed by atoms with Crippen molar-refractivity contribution in [1.82, 2.24) is 4.31 Å². The molecule has 0 saturated carbocycles. The zero-order chi connectivity index (χ0) is 22.9. The molecule has 2 aromatic carbocycles. The molecule has 0 bridgehead atoms. The molecule has 1 heterocycles. The first-order valence-electron chi connectivity index (χ1n) is 8.90. The Morgan fingerprint density at radius 3 is 2.13 bits per heavy atom. The number of ether oxygens (including phenoxy) is 2. The summed E-state index contributed by atoms with van der Waals surface area (Å²) in [4.78, 5) is 20.6. The van der Waals surface area contributed by atoms with Crippen molar-refractivity contribution in [2.45, 2.75) is 17.2 Å². The second-order valence-electron chi connectivity index (χ2n) is 6.55. The molecule has 3 rings (SSSR count). The molecular formula is C18H19N3O8S2. The fraction of sp³-hybridized carbons (Fsp3) is 0.333. The monoisotopic (exact) mass is 469 g/mol. The van der Waals surface area contributed by atoms with Crippen molar-refractivity contribution in [3.8, 4) is 11.5 Å². The van der Waals surface area contributed by atoms with E-state index in [0.717, 1.165) is 12.1 Å². The largest absolute Gasteiger partial charge is 0.493 e. The van der Waals surface area contributed by atoms with Gasteiger partial charge in [0.1, 0.15) is 5.56 Å². The van der Waals surface area contributed by atoms with Gasteiger partial charge in [-0.15, -0.1) is 11.8 Å². The molecule has 0 aromatic heterocycles. The van der Waals surface area contributed by atoms with Crippen molar-refractivity contribution in [2.75, 3.05) is 26.5 Å². The molecule has 0 spiro atoms. The van der Waals surface area contributed by atoms with Gasteiger partial charge >= 0.3 is 0 Å². The fourth-order valence-corrected chi connectivity index (χ4v) is 6.56. The third kappa shape index (κ3) is 4.16. The van der Waals surface area contributed by atoms with Crippen molar-refractivity contribution in [1.29, 1.82) is 0 Å². The molecule has 11 nitrogen and oxygen atoms in total. The highest BCUT2D eigenvalue weighted by molar-refractivity contribution is 8.01. The first-order valence-corrected chi connectivity index (χ1v) is 11.4. The minimum atomic E-state index is -4.27. The lowest BCUT2D eigenvalue weighted by Gasteiger charge is -2.24. The van der Waals surface area contributed by atoms with E-state index < -0.39 is 41.5 Å². The van der Waals surface area contributed by atoms with Gasteiger partial charge < -0.3 is 9.47 Å². The third-order valence-electron chi connectivity index (χ3n) is 4.87. The van der Waals surface area contributed by atoms with E-state index in [2.05, 4.69) is 0 Å². The summed E-state index contributed by atoms with van der Waals surface area (Å²) < 4.78 is 38.4. The molecule has 31 heavy (non-hydrogen) atoms. The van der Waals surface area contributed by atoms with E-state index in [1.807, 2.05) is 0 Å². The Kier molecular flexibility index (Phi) is 6.38. The summed E-state index contributed by atoms with van der Waals surface area (Å²) in [7, 11) is -1.33. The molecule has 0 amide bonds. The van der Waals surface area contributed by atoms with Gasteiger partial charge in [0, 0.05) is 24.4 Å². The van der Waals surface area contributed by atoms with Crippen LogP contribution in [-0.2, 0) is 10.0 Å². The SMILES string of the molecule is COc1ccc([C@H]2SCCN2S(=O)(=O)c2cc([N+](=O)[O-])c(C)c([N+](=O)[O-])c2)cc1OC. The van der Waals surface area contributed by atoms with Crippen LogP contribution in [0.4, 0.5) is 11.4 Å². The highest BCUT2D eigenvalue weighted by atomic mass is 32.2. The lowest BCUT2D eigenvalue weighted by atomic mass is 10.1. The summed E-state index contributed by atoms with van der Waals surface area (Å²) >= 11 is 1.36. The van der Waals surface area contributed by atoms with Crippen LogP contribution < -0.4 is 9.47 Å². The smallest absolute Gasteiger partial charge is 0.280 e. The maximum Gasteiger partial charge on any atom is 0.280 e. The van der Waals surface area contributed by atoms with Crippen LogP contribution in [0.15, 0.2) is 35.2 Å². The Morgan fingerprint density at radius 2 is 1.61 bits per heavy atom. The predicted octanol–water partition coefficient (Wildman–Crippen LogP) is 3.26. The molecular weight excluding hydrogens is 450 g/mol. The zero-order valence-corrected chi connectivity index (χ0v) is 18.4. The van der Waals surface area contributed by atoms with Gasteiger partial charge in [-0.3, -0.25) is 20.2 Å². The number of nitrogens with zero attached hydrogens (tertiary/aromatic N) is 3. The van der Waals surface area contributed by atoms with Crippen molar-refractivity contribution >= 4 is 33.2 Å². The molecule has 1 fully saturated rings. The molecule has 0 N–H and O–H groups in total. The predicted molar refractivity (Wildman–Crippen MR) is 113 cm³/mol. The molecule has 1 aliphatic heterocycles. The average molecular weight is 469 g/mol. The van der Waals surface area contributed by atoms with Gasteiger partial charge in [0.15, 0.2) is 11.5 Å². The Balaban J connectivity index is 2.09. The summed E-state index contributed by atoms with van der Waals surface area (Å²) in [6.45, 7) is 1.35. The van der Waals surface area contributed by atoms with Crippen LogP contribution in [0.5, 0.6) is 11.5 Å².